The number of primary amides is 2. The number of aromatic hydroxyl groups is 1. The summed E-state index contributed by atoms with van der Waals surface area (Å²) in [5.74, 6) is -5.19. The number of benzene rings is 1. The second-order valence-corrected chi connectivity index (χ2v) is 10.6. The van der Waals surface area contributed by atoms with E-state index in [9.17, 15) is 34.2 Å². The quantitative estimate of drug-likeness (QED) is 0.217. The third-order valence-electron chi connectivity index (χ3n) is 7.10. The Hall–Kier alpha value is -4.98. The van der Waals surface area contributed by atoms with Crippen molar-refractivity contribution < 1.29 is 38.9 Å². The molecule has 3 aromatic rings. The molecule has 1 saturated heterocycles. The van der Waals surface area contributed by atoms with Crippen molar-refractivity contribution in [3.63, 3.8) is 0 Å². The fourth-order valence-electron chi connectivity index (χ4n) is 5.26. The summed E-state index contributed by atoms with van der Waals surface area (Å²) >= 11 is 1.26. The summed E-state index contributed by atoms with van der Waals surface area (Å²) in [5, 5.41) is 20.4. The van der Waals surface area contributed by atoms with E-state index in [0.717, 1.165) is 18.0 Å². The number of amides is 3. The number of β-lactam (4-membered cyclic amide) rings is 1. The summed E-state index contributed by atoms with van der Waals surface area (Å²) in [6.45, 7) is 1.10. The molecule has 0 saturated carbocycles. The van der Waals surface area contributed by atoms with Crippen molar-refractivity contribution in [2.24, 2.45) is 11.5 Å². The van der Waals surface area contributed by atoms with Gasteiger partial charge < -0.3 is 26.4 Å². The van der Waals surface area contributed by atoms with Crippen molar-refractivity contribution in [2.45, 2.75) is 30.2 Å². The number of rotatable bonds is 8. The Morgan fingerprint density at radius 3 is 2.41 bits per heavy atom. The summed E-state index contributed by atoms with van der Waals surface area (Å²) in [6, 6.07) is 9.40. The number of carboxylic acid groups (broad SMARTS) is 1. The van der Waals surface area contributed by atoms with Crippen LogP contribution in [0.3, 0.4) is 0 Å². The van der Waals surface area contributed by atoms with Crippen molar-refractivity contribution in [3.05, 3.63) is 76.8 Å². The number of nitrogens with two attached hydrogens (primary N) is 2. The largest absolute Gasteiger partial charge is 0.505 e. The maximum absolute atomic E-state index is 13.7. The number of thioether (sulfide) groups is 1. The number of hydrogen-bond donors (Lipinski definition) is 4. The number of esters is 1. The summed E-state index contributed by atoms with van der Waals surface area (Å²) in [7, 11) is 0. The Balaban J connectivity index is 1.86. The Morgan fingerprint density at radius 1 is 1.12 bits per heavy atom. The molecule has 5 rings (SSSR count). The molecule has 2 aromatic heterocycles. The van der Waals surface area contributed by atoms with Crippen LogP contribution in [-0.4, -0.2) is 72.0 Å². The van der Waals surface area contributed by atoms with E-state index in [1.165, 1.54) is 24.0 Å². The van der Waals surface area contributed by atoms with Gasteiger partial charge in [-0.1, -0.05) is 30.3 Å². The molecule has 13 nitrogen and oxygen atoms in total. The third-order valence-corrected chi connectivity index (χ3v) is 8.34. The molecule has 0 aliphatic carbocycles. The van der Waals surface area contributed by atoms with E-state index in [-0.39, 0.29) is 45.5 Å². The van der Waals surface area contributed by atoms with Gasteiger partial charge in [0.15, 0.2) is 5.75 Å². The highest BCUT2D eigenvalue weighted by molar-refractivity contribution is 8.00. The molecule has 0 bridgehead atoms. The van der Waals surface area contributed by atoms with Crippen LogP contribution in [0.5, 0.6) is 5.75 Å². The van der Waals surface area contributed by atoms with Crippen molar-refractivity contribution in [3.8, 4) is 5.75 Å². The molecule has 1 fully saturated rings. The Labute approximate surface area is 236 Å². The number of aromatic nitrogens is 2. The van der Waals surface area contributed by atoms with Gasteiger partial charge >= 0.3 is 11.9 Å². The average Bonchev–Trinajstić information content (AvgIpc) is 2.92. The number of ether oxygens (including phenoxy) is 1. The van der Waals surface area contributed by atoms with Crippen LogP contribution in [0, 0.1) is 0 Å². The normalized spacial score (nSPS) is 18.6. The number of fused-ring (bicyclic) bond motifs is 2. The lowest BCUT2D eigenvalue weighted by Gasteiger charge is -2.47. The van der Waals surface area contributed by atoms with Crippen LogP contribution in [-0.2, 0) is 29.3 Å². The molecule has 41 heavy (non-hydrogen) atoms. The second kappa shape index (κ2) is 10.2. The van der Waals surface area contributed by atoms with Crippen LogP contribution in [0.1, 0.15) is 34.8 Å². The summed E-state index contributed by atoms with van der Waals surface area (Å²) in [4.78, 5) is 72.6. The van der Waals surface area contributed by atoms with Gasteiger partial charge in [-0.2, -0.15) is 0 Å². The molecular weight excluding hydrogens is 554 g/mol. The maximum atomic E-state index is 13.7. The number of carboxylic acids is 1. The van der Waals surface area contributed by atoms with E-state index < -0.39 is 58.0 Å². The van der Waals surface area contributed by atoms with Crippen LogP contribution >= 0.6 is 11.8 Å². The number of hydrogen-bond acceptors (Lipinski definition) is 10. The van der Waals surface area contributed by atoms with Crippen molar-refractivity contribution in [1.29, 1.82) is 0 Å². The molecule has 0 spiro atoms. The molecule has 1 aromatic carbocycles. The Kier molecular flexibility index (Phi) is 6.87. The lowest BCUT2D eigenvalue weighted by molar-refractivity contribution is -0.150. The fourth-order valence-corrected chi connectivity index (χ4v) is 6.55. The zero-order chi connectivity index (χ0) is 29.6. The maximum Gasteiger partial charge on any atom is 0.352 e. The van der Waals surface area contributed by atoms with Gasteiger partial charge in [-0.15, -0.1) is 11.8 Å². The first-order valence-corrected chi connectivity index (χ1v) is 13.2. The van der Waals surface area contributed by atoms with Crippen LogP contribution in [0.15, 0.2) is 60.1 Å². The number of aliphatic carboxylic acids is 1. The van der Waals surface area contributed by atoms with E-state index in [1.54, 1.807) is 30.3 Å². The van der Waals surface area contributed by atoms with E-state index in [2.05, 4.69) is 9.97 Å². The monoisotopic (exact) mass is 577 g/mol. The second-order valence-electron chi connectivity index (χ2n) is 9.42. The molecule has 2 unspecified atom stereocenters. The molecular formula is C27H23N5O8S. The molecule has 3 amide bonds. The summed E-state index contributed by atoms with van der Waals surface area (Å²) < 4.78 is 5.76. The topological polar surface area (TPSA) is 216 Å². The summed E-state index contributed by atoms with van der Waals surface area (Å²) in [6.07, 6.45) is 0.744. The molecule has 14 heteroatoms. The van der Waals surface area contributed by atoms with Crippen LogP contribution in [0.25, 0.3) is 11.0 Å². The number of carbonyl (C=O) groups is 5. The van der Waals surface area contributed by atoms with Gasteiger partial charge in [0.2, 0.25) is 11.8 Å². The molecule has 0 radical (unpaired) electrons. The van der Waals surface area contributed by atoms with Crippen LogP contribution < -0.4 is 11.5 Å². The molecule has 3 atom stereocenters. The molecule has 2 aliphatic heterocycles. The van der Waals surface area contributed by atoms with Crippen LogP contribution in [0.2, 0.25) is 0 Å². The van der Waals surface area contributed by atoms with E-state index >= 15 is 0 Å². The Morgan fingerprint density at radius 2 is 1.83 bits per heavy atom. The predicted molar refractivity (Wildman–Crippen MR) is 144 cm³/mol. The first-order chi connectivity index (χ1) is 19.5. The van der Waals surface area contributed by atoms with Gasteiger partial charge in [-0.25, -0.2) is 4.79 Å². The smallest absolute Gasteiger partial charge is 0.352 e. The standard InChI is InChI=1S/C27H23N5O8S/c1-12(33)40-23(16-11-41-19-8-18(34)32(19)21(16)25(37)38)27(26(29)39,13-5-3-2-4-6-13)14-7-17-20(31-9-14)22(35)15(10-30-17)24(28)36/h2-7,9-10,19,23H,8,11H2,1H3,(H2,28,36)(H2,29,39)(H,30,35)(H,37,38)/t19-,23?,27?/m1/s1. The average molecular weight is 578 g/mol. The number of pyridine rings is 2. The number of nitrogens with zero attached hydrogens (tertiary/aromatic N) is 3. The van der Waals surface area contributed by atoms with Gasteiger partial charge in [0, 0.05) is 30.6 Å². The molecule has 4 heterocycles. The van der Waals surface area contributed by atoms with Crippen LogP contribution in [0.4, 0.5) is 0 Å². The van der Waals surface area contributed by atoms with Gasteiger partial charge in [0.1, 0.15) is 28.3 Å². The van der Waals surface area contributed by atoms with Crippen molar-refractivity contribution in [2.75, 3.05) is 5.75 Å². The lowest BCUT2D eigenvalue weighted by atomic mass is 9.67. The van der Waals surface area contributed by atoms with E-state index in [0.29, 0.717) is 0 Å². The summed E-state index contributed by atoms with van der Waals surface area (Å²) in [5.41, 5.74) is 8.90. The highest BCUT2D eigenvalue weighted by Gasteiger charge is 2.56. The minimum atomic E-state index is -2.08. The van der Waals surface area contributed by atoms with Gasteiger partial charge in [-0.05, 0) is 17.2 Å². The van der Waals surface area contributed by atoms with Gasteiger partial charge in [-0.3, -0.25) is 34.0 Å². The van der Waals surface area contributed by atoms with Gasteiger partial charge in [0.05, 0.1) is 17.3 Å². The van der Waals surface area contributed by atoms with Gasteiger partial charge in [0.25, 0.3) is 5.91 Å². The first-order valence-electron chi connectivity index (χ1n) is 12.2. The van der Waals surface area contributed by atoms with E-state index in [1.807, 2.05) is 0 Å². The zero-order valence-electron chi connectivity index (χ0n) is 21.4. The fraction of sp³-hybridized carbons (Fsp3) is 0.222. The number of carbonyl (C=O) groups excluding carboxylic acids is 4. The highest BCUT2D eigenvalue weighted by Crippen LogP contribution is 2.47. The van der Waals surface area contributed by atoms with Crippen molar-refractivity contribution in [1.82, 2.24) is 14.9 Å². The van der Waals surface area contributed by atoms with Crippen molar-refractivity contribution >= 4 is 52.5 Å². The Bertz CT molecular complexity index is 1680. The highest BCUT2D eigenvalue weighted by atomic mass is 32.2. The molecule has 2 aliphatic rings. The minimum absolute atomic E-state index is 0.00960. The van der Waals surface area contributed by atoms with E-state index in [4.69, 9.17) is 16.2 Å². The predicted octanol–water partition coefficient (Wildman–Crippen LogP) is 0.781. The minimum Gasteiger partial charge on any atom is -0.505 e. The molecule has 6 N–H and O–H groups in total. The zero-order valence-corrected chi connectivity index (χ0v) is 22.3. The first kappa shape index (κ1) is 27.6. The molecule has 210 valence electrons. The third kappa shape index (κ3) is 4.32. The SMILES string of the molecule is CC(=O)OC(C1=C(C(=O)O)N2C(=O)C[C@H]2SC1)C(C(N)=O)(c1ccccc1)c1cnc2c(O)c(C(N)=O)cnc2c1. The lowest BCUT2D eigenvalue weighted by Crippen LogP contribution is -2.59.